The highest BCUT2D eigenvalue weighted by Gasteiger charge is 2.06. The minimum Gasteiger partial charge on any atom is -0.494 e. The molecule has 0 spiro atoms. The summed E-state index contributed by atoms with van der Waals surface area (Å²) in [6, 6.07) is 8.45. The Morgan fingerprint density at radius 1 is 1.32 bits per heavy atom. The van der Waals surface area contributed by atoms with Crippen molar-refractivity contribution in [1.82, 2.24) is 20.5 Å². The summed E-state index contributed by atoms with van der Waals surface area (Å²) in [5.74, 6) is 1.77. The summed E-state index contributed by atoms with van der Waals surface area (Å²) in [4.78, 5) is 4.08. The fraction of sp³-hybridized carbons (Fsp3) is 0.429. The van der Waals surface area contributed by atoms with Gasteiger partial charge in [0.05, 0.1) is 13.2 Å². The number of rotatable bonds is 7. The first kappa shape index (κ1) is 13.5. The van der Waals surface area contributed by atoms with Gasteiger partial charge in [-0.15, -0.1) is 0 Å². The molecule has 1 aromatic carbocycles. The lowest BCUT2D eigenvalue weighted by molar-refractivity contribution is 0.317. The number of ether oxygens (including phenoxy) is 1. The van der Waals surface area contributed by atoms with Crippen molar-refractivity contribution in [2.45, 2.75) is 32.9 Å². The van der Waals surface area contributed by atoms with Crippen LogP contribution in [0.4, 0.5) is 0 Å². The van der Waals surface area contributed by atoms with Crippen LogP contribution >= 0.6 is 0 Å². The fourth-order valence-electron chi connectivity index (χ4n) is 1.76. The van der Waals surface area contributed by atoms with Crippen LogP contribution in [0.25, 0.3) is 0 Å². The van der Waals surface area contributed by atoms with Crippen LogP contribution < -0.4 is 10.1 Å². The van der Waals surface area contributed by atoms with Gasteiger partial charge >= 0.3 is 0 Å². The van der Waals surface area contributed by atoms with Crippen molar-refractivity contribution < 1.29 is 4.74 Å². The molecule has 19 heavy (non-hydrogen) atoms. The van der Waals surface area contributed by atoms with Gasteiger partial charge in [0.2, 0.25) is 0 Å². The van der Waals surface area contributed by atoms with E-state index in [0.717, 1.165) is 24.6 Å². The summed E-state index contributed by atoms with van der Waals surface area (Å²) in [6.07, 6.45) is 2.54. The Hall–Kier alpha value is -1.88. The van der Waals surface area contributed by atoms with E-state index in [9.17, 15) is 0 Å². The smallest absolute Gasteiger partial charge is 0.138 e. The van der Waals surface area contributed by atoms with Crippen molar-refractivity contribution >= 4 is 0 Å². The highest BCUT2D eigenvalue weighted by atomic mass is 16.5. The van der Waals surface area contributed by atoms with Crippen molar-refractivity contribution in [1.29, 1.82) is 0 Å². The summed E-state index contributed by atoms with van der Waals surface area (Å²) in [5.41, 5.74) is 1.23. The van der Waals surface area contributed by atoms with Crippen LogP contribution in [0.3, 0.4) is 0 Å². The zero-order chi connectivity index (χ0) is 13.5. The molecule has 1 unspecified atom stereocenters. The third kappa shape index (κ3) is 4.06. The molecule has 0 saturated heterocycles. The van der Waals surface area contributed by atoms with E-state index in [0.29, 0.717) is 6.54 Å². The maximum atomic E-state index is 5.57. The normalized spacial score (nSPS) is 12.3. The van der Waals surface area contributed by atoms with Gasteiger partial charge in [-0.3, -0.25) is 5.10 Å². The van der Waals surface area contributed by atoms with Crippen LogP contribution in [0.2, 0.25) is 0 Å². The molecular formula is C14H20N4O. The second-order valence-electron chi connectivity index (χ2n) is 4.45. The standard InChI is InChI=1S/C14H20N4O/c1-3-8-19-13-6-4-12(5-7-13)11(2)15-9-14-16-10-17-18-14/h4-7,10-11,15H,3,8-9H2,1-2H3,(H,16,17,18). The summed E-state index contributed by atoms with van der Waals surface area (Å²) < 4.78 is 5.57. The zero-order valence-electron chi connectivity index (χ0n) is 11.4. The Bertz CT molecular complexity index is 467. The third-order valence-corrected chi connectivity index (χ3v) is 2.89. The van der Waals surface area contributed by atoms with Crippen LogP contribution in [-0.2, 0) is 6.54 Å². The highest BCUT2D eigenvalue weighted by molar-refractivity contribution is 5.28. The first-order valence-electron chi connectivity index (χ1n) is 6.60. The summed E-state index contributed by atoms with van der Waals surface area (Å²) in [7, 11) is 0. The largest absolute Gasteiger partial charge is 0.494 e. The van der Waals surface area contributed by atoms with E-state index >= 15 is 0 Å². The lowest BCUT2D eigenvalue weighted by atomic mass is 10.1. The number of nitrogens with one attached hydrogen (secondary N) is 2. The van der Waals surface area contributed by atoms with Crippen LogP contribution in [-0.4, -0.2) is 21.8 Å². The first-order valence-corrected chi connectivity index (χ1v) is 6.60. The average molecular weight is 260 g/mol. The van der Waals surface area contributed by atoms with Gasteiger partial charge in [-0.05, 0) is 31.0 Å². The molecule has 2 N–H and O–H groups in total. The van der Waals surface area contributed by atoms with Gasteiger partial charge in [-0.25, -0.2) is 4.98 Å². The van der Waals surface area contributed by atoms with E-state index in [2.05, 4.69) is 46.5 Å². The van der Waals surface area contributed by atoms with E-state index in [1.165, 1.54) is 11.9 Å². The quantitative estimate of drug-likeness (QED) is 0.802. The van der Waals surface area contributed by atoms with Gasteiger partial charge in [0.25, 0.3) is 0 Å². The van der Waals surface area contributed by atoms with Gasteiger partial charge in [0.15, 0.2) is 0 Å². The molecule has 5 heteroatoms. The van der Waals surface area contributed by atoms with Crippen LogP contribution in [0, 0.1) is 0 Å². The number of H-pyrrole nitrogens is 1. The topological polar surface area (TPSA) is 62.8 Å². The molecule has 2 rings (SSSR count). The van der Waals surface area contributed by atoms with Crippen LogP contribution in [0.5, 0.6) is 5.75 Å². The molecule has 0 aliphatic heterocycles. The first-order chi connectivity index (χ1) is 9.29. The lowest BCUT2D eigenvalue weighted by Crippen LogP contribution is -2.18. The number of aromatic nitrogens is 3. The monoisotopic (exact) mass is 260 g/mol. The molecule has 0 saturated carbocycles. The Labute approximate surface area is 113 Å². The zero-order valence-corrected chi connectivity index (χ0v) is 11.4. The molecule has 0 aliphatic rings. The van der Waals surface area contributed by atoms with Gasteiger partial charge in [-0.2, -0.15) is 5.10 Å². The fourth-order valence-corrected chi connectivity index (χ4v) is 1.76. The predicted molar refractivity (Wildman–Crippen MR) is 73.9 cm³/mol. The second kappa shape index (κ2) is 6.89. The minimum absolute atomic E-state index is 0.255. The van der Waals surface area contributed by atoms with Gasteiger partial charge in [0, 0.05) is 6.04 Å². The van der Waals surface area contributed by atoms with Crippen molar-refractivity contribution in [3.05, 3.63) is 42.0 Å². The summed E-state index contributed by atoms with van der Waals surface area (Å²) in [5, 5.41) is 10.0. The van der Waals surface area contributed by atoms with Gasteiger partial charge in [-0.1, -0.05) is 19.1 Å². The number of aromatic amines is 1. The molecule has 0 bridgehead atoms. The molecular weight excluding hydrogens is 240 g/mol. The second-order valence-corrected chi connectivity index (χ2v) is 4.45. The average Bonchev–Trinajstić information content (AvgIpc) is 2.96. The molecule has 1 atom stereocenters. The highest BCUT2D eigenvalue weighted by Crippen LogP contribution is 2.17. The maximum Gasteiger partial charge on any atom is 0.138 e. The van der Waals surface area contributed by atoms with Gasteiger partial charge in [0.1, 0.15) is 17.9 Å². The molecule has 1 aromatic heterocycles. The Kier molecular flexibility index (Phi) is 4.92. The number of nitrogens with zero attached hydrogens (tertiary/aromatic N) is 2. The maximum absolute atomic E-state index is 5.57. The van der Waals surface area contributed by atoms with Crippen LogP contribution in [0.1, 0.15) is 37.7 Å². The molecule has 5 nitrogen and oxygen atoms in total. The van der Waals surface area contributed by atoms with Crippen molar-refractivity contribution in [3.8, 4) is 5.75 Å². The molecule has 0 fully saturated rings. The molecule has 1 heterocycles. The summed E-state index contributed by atoms with van der Waals surface area (Å²) in [6.45, 7) is 5.66. The van der Waals surface area contributed by atoms with Crippen molar-refractivity contribution in [2.24, 2.45) is 0 Å². The number of hydrogen-bond acceptors (Lipinski definition) is 4. The van der Waals surface area contributed by atoms with Crippen molar-refractivity contribution in [2.75, 3.05) is 6.61 Å². The predicted octanol–water partition coefficient (Wildman–Crippen LogP) is 2.44. The molecule has 0 amide bonds. The summed E-state index contributed by atoms with van der Waals surface area (Å²) >= 11 is 0. The third-order valence-electron chi connectivity index (χ3n) is 2.89. The molecule has 0 radical (unpaired) electrons. The minimum atomic E-state index is 0.255. The van der Waals surface area contributed by atoms with E-state index in [1.807, 2.05) is 12.1 Å². The molecule has 0 aliphatic carbocycles. The van der Waals surface area contributed by atoms with Crippen LogP contribution in [0.15, 0.2) is 30.6 Å². The Balaban J connectivity index is 1.86. The number of benzene rings is 1. The molecule has 102 valence electrons. The Morgan fingerprint density at radius 3 is 2.74 bits per heavy atom. The Morgan fingerprint density at radius 2 is 2.11 bits per heavy atom. The van der Waals surface area contributed by atoms with E-state index in [4.69, 9.17) is 4.74 Å². The van der Waals surface area contributed by atoms with E-state index in [1.54, 1.807) is 0 Å². The van der Waals surface area contributed by atoms with E-state index < -0.39 is 0 Å². The van der Waals surface area contributed by atoms with Crippen molar-refractivity contribution in [3.63, 3.8) is 0 Å². The van der Waals surface area contributed by atoms with E-state index in [-0.39, 0.29) is 6.04 Å². The lowest BCUT2D eigenvalue weighted by Gasteiger charge is -2.14. The number of hydrogen-bond donors (Lipinski definition) is 2. The SMILES string of the molecule is CCCOc1ccc(C(C)NCc2ncn[nH]2)cc1. The van der Waals surface area contributed by atoms with Gasteiger partial charge < -0.3 is 10.1 Å². The molecule has 2 aromatic rings.